The molecule has 5 heteroatoms. The number of aryl methyl sites for hydroxylation is 1. The van der Waals surface area contributed by atoms with Crippen molar-refractivity contribution in [2.45, 2.75) is 20.3 Å². The van der Waals surface area contributed by atoms with Gasteiger partial charge in [0.05, 0.1) is 12.3 Å². The summed E-state index contributed by atoms with van der Waals surface area (Å²) in [5.74, 6) is 0.689. The van der Waals surface area contributed by atoms with Gasteiger partial charge in [-0.05, 0) is 49.6 Å². The van der Waals surface area contributed by atoms with Gasteiger partial charge >= 0.3 is 6.03 Å². The van der Waals surface area contributed by atoms with Gasteiger partial charge in [0.15, 0.2) is 0 Å². The predicted molar refractivity (Wildman–Crippen MR) is 101 cm³/mol. The van der Waals surface area contributed by atoms with Crippen molar-refractivity contribution in [2.75, 3.05) is 18.5 Å². The van der Waals surface area contributed by atoms with Gasteiger partial charge in [-0.2, -0.15) is 0 Å². The number of aromatic amines is 1. The lowest BCUT2D eigenvalue weighted by Gasteiger charge is -2.13. The number of amides is 2. The van der Waals surface area contributed by atoms with Crippen LogP contribution in [0.15, 0.2) is 48.7 Å². The highest BCUT2D eigenvalue weighted by Crippen LogP contribution is 2.25. The average Bonchev–Trinajstić information content (AvgIpc) is 3.01. The largest absolute Gasteiger partial charge is 0.492 e. The number of hydrogen-bond donors (Lipinski definition) is 3. The van der Waals surface area contributed by atoms with Crippen LogP contribution in [0.1, 0.15) is 18.1 Å². The topological polar surface area (TPSA) is 66.2 Å². The van der Waals surface area contributed by atoms with Gasteiger partial charge in [-0.3, -0.25) is 0 Å². The minimum Gasteiger partial charge on any atom is -0.492 e. The maximum absolute atomic E-state index is 12.2. The van der Waals surface area contributed by atoms with Crippen molar-refractivity contribution < 1.29 is 9.53 Å². The zero-order valence-corrected chi connectivity index (χ0v) is 14.6. The molecule has 0 fully saturated rings. The van der Waals surface area contributed by atoms with E-state index in [0.29, 0.717) is 24.6 Å². The molecule has 3 rings (SSSR count). The summed E-state index contributed by atoms with van der Waals surface area (Å²) in [6.07, 6.45) is 2.76. The first kappa shape index (κ1) is 16.9. The quantitative estimate of drug-likeness (QED) is 0.630. The van der Waals surface area contributed by atoms with Crippen molar-refractivity contribution in [2.24, 2.45) is 0 Å². The highest BCUT2D eigenvalue weighted by molar-refractivity contribution is 5.91. The van der Waals surface area contributed by atoms with Gasteiger partial charge in [-0.1, -0.05) is 24.3 Å². The Balaban J connectivity index is 1.56. The molecule has 5 nitrogen and oxygen atoms in total. The summed E-state index contributed by atoms with van der Waals surface area (Å²) < 4.78 is 5.58. The second-order valence-electron chi connectivity index (χ2n) is 5.92. The van der Waals surface area contributed by atoms with E-state index in [1.807, 2.05) is 56.4 Å². The Labute approximate surface area is 147 Å². The molecule has 2 aromatic carbocycles. The third-order valence-corrected chi connectivity index (χ3v) is 4.04. The maximum Gasteiger partial charge on any atom is 0.319 e. The zero-order valence-electron chi connectivity index (χ0n) is 14.6. The van der Waals surface area contributed by atoms with Crippen LogP contribution in [-0.2, 0) is 6.42 Å². The maximum atomic E-state index is 12.2. The van der Waals surface area contributed by atoms with Crippen LogP contribution in [0.4, 0.5) is 10.5 Å². The number of rotatable bonds is 6. The summed E-state index contributed by atoms with van der Waals surface area (Å²) in [4.78, 5) is 15.4. The molecule has 0 saturated carbocycles. The van der Waals surface area contributed by atoms with E-state index >= 15 is 0 Å². The minimum atomic E-state index is -0.232. The minimum absolute atomic E-state index is 0.232. The molecule has 2 amide bonds. The summed E-state index contributed by atoms with van der Waals surface area (Å²) >= 11 is 0. The highest BCUT2D eigenvalue weighted by atomic mass is 16.5. The van der Waals surface area contributed by atoms with Gasteiger partial charge in [0.25, 0.3) is 0 Å². The Morgan fingerprint density at radius 3 is 2.88 bits per heavy atom. The monoisotopic (exact) mass is 337 g/mol. The Morgan fingerprint density at radius 1 is 1.20 bits per heavy atom. The molecular weight excluding hydrogens is 314 g/mol. The SMILES string of the molecule is CCOc1cc(C)ccc1NC(=O)NCCc1c[nH]c2ccccc12. The molecule has 0 aliphatic heterocycles. The molecule has 0 spiro atoms. The smallest absolute Gasteiger partial charge is 0.319 e. The molecule has 0 aliphatic carbocycles. The van der Waals surface area contributed by atoms with E-state index in [-0.39, 0.29) is 6.03 Å². The number of carbonyl (C=O) groups is 1. The van der Waals surface area contributed by atoms with E-state index in [1.54, 1.807) is 0 Å². The van der Waals surface area contributed by atoms with Crippen molar-refractivity contribution in [1.82, 2.24) is 10.3 Å². The van der Waals surface area contributed by atoms with E-state index in [2.05, 4.69) is 21.7 Å². The van der Waals surface area contributed by atoms with Gasteiger partial charge in [0, 0.05) is 23.6 Å². The lowest BCUT2D eigenvalue weighted by molar-refractivity contribution is 0.252. The fourth-order valence-corrected chi connectivity index (χ4v) is 2.82. The van der Waals surface area contributed by atoms with E-state index in [0.717, 1.165) is 17.5 Å². The van der Waals surface area contributed by atoms with Crippen LogP contribution in [0.25, 0.3) is 10.9 Å². The molecule has 0 atom stereocenters. The molecular formula is C20H23N3O2. The third-order valence-electron chi connectivity index (χ3n) is 4.04. The van der Waals surface area contributed by atoms with Gasteiger partial charge in [0.2, 0.25) is 0 Å². The molecule has 0 saturated heterocycles. The highest BCUT2D eigenvalue weighted by Gasteiger charge is 2.08. The van der Waals surface area contributed by atoms with Gasteiger partial charge in [0.1, 0.15) is 5.75 Å². The summed E-state index contributed by atoms with van der Waals surface area (Å²) in [5, 5.41) is 6.95. The van der Waals surface area contributed by atoms with Gasteiger partial charge < -0.3 is 20.4 Å². The third kappa shape index (κ3) is 4.12. The molecule has 25 heavy (non-hydrogen) atoms. The number of anilines is 1. The van der Waals surface area contributed by atoms with Gasteiger partial charge in [-0.15, -0.1) is 0 Å². The zero-order chi connectivity index (χ0) is 17.6. The predicted octanol–water partition coefficient (Wildman–Crippen LogP) is 4.24. The van der Waals surface area contributed by atoms with Crippen LogP contribution in [-0.4, -0.2) is 24.2 Å². The lowest BCUT2D eigenvalue weighted by atomic mass is 10.1. The van der Waals surface area contributed by atoms with Crippen molar-refractivity contribution >= 4 is 22.6 Å². The van der Waals surface area contributed by atoms with Crippen LogP contribution in [0.3, 0.4) is 0 Å². The number of carbonyl (C=O) groups excluding carboxylic acids is 1. The molecule has 130 valence electrons. The average molecular weight is 337 g/mol. The number of H-pyrrole nitrogens is 1. The summed E-state index contributed by atoms with van der Waals surface area (Å²) in [6, 6.07) is 13.7. The van der Waals surface area contributed by atoms with Crippen LogP contribution in [0.5, 0.6) is 5.75 Å². The molecule has 1 aromatic heterocycles. The van der Waals surface area contributed by atoms with Crippen LogP contribution >= 0.6 is 0 Å². The number of benzene rings is 2. The Hall–Kier alpha value is -2.95. The van der Waals surface area contributed by atoms with Crippen molar-refractivity contribution in [3.05, 3.63) is 59.8 Å². The molecule has 0 unspecified atom stereocenters. The number of nitrogens with one attached hydrogen (secondary N) is 3. The standard InChI is InChI=1S/C20H23N3O2/c1-3-25-19-12-14(2)8-9-18(19)23-20(24)21-11-10-15-13-22-17-7-5-4-6-16(15)17/h4-9,12-13,22H,3,10-11H2,1-2H3,(H2,21,23,24). The molecule has 3 aromatic rings. The first-order valence-corrected chi connectivity index (χ1v) is 8.50. The summed E-state index contributed by atoms with van der Waals surface area (Å²) in [6.45, 7) is 5.03. The van der Waals surface area contributed by atoms with E-state index in [4.69, 9.17) is 4.74 Å². The fourth-order valence-electron chi connectivity index (χ4n) is 2.82. The second kappa shape index (κ2) is 7.75. The Bertz CT molecular complexity index is 870. The first-order valence-electron chi connectivity index (χ1n) is 8.50. The second-order valence-corrected chi connectivity index (χ2v) is 5.92. The number of fused-ring (bicyclic) bond motifs is 1. The Kier molecular flexibility index (Phi) is 5.23. The van der Waals surface area contributed by atoms with Crippen molar-refractivity contribution in [3.8, 4) is 5.75 Å². The molecule has 3 N–H and O–H groups in total. The molecule has 0 aliphatic rings. The van der Waals surface area contributed by atoms with Crippen LogP contribution < -0.4 is 15.4 Å². The summed E-state index contributed by atoms with van der Waals surface area (Å²) in [5.41, 5.74) is 4.08. The van der Waals surface area contributed by atoms with Gasteiger partial charge in [-0.25, -0.2) is 4.79 Å². The number of para-hydroxylation sites is 1. The van der Waals surface area contributed by atoms with E-state index < -0.39 is 0 Å². The fraction of sp³-hybridized carbons (Fsp3) is 0.250. The van der Waals surface area contributed by atoms with E-state index in [1.165, 1.54) is 10.9 Å². The Morgan fingerprint density at radius 2 is 2.04 bits per heavy atom. The van der Waals surface area contributed by atoms with E-state index in [9.17, 15) is 4.79 Å². The molecule has 1 heterocycles. The van der Waals surface area contributed by atoms with Crippen molar-refractivity contribution in [3.63, 3.8) is 0 Å². The molecule has 0 radical (unpaired) electrons. The number of ether oxygens (including phenoxy) is 1. The number of urea groups is 1. The first-order chi connectivity index (χ1) is 12.2. The normalized spacial score (nSPS) is 10.6. The lowest BCUT2D eigenvalue weighted by Crippen LogP contribution is -2.30. The molecule has 0 bridgehead atoms. The van der Waals surface area contributed by atoms with Crippen molar-refractivity contribution in [1.29, 1.82) is 0 Å². The summed E-state index contributed by atoms with van der Waals surface area (Å²) in [7, 11) is 0. The van der Waals surface area contributed by atoms with Crippen LogP contribution in [0, 0.1) is 6.92 Å². The van der Waals surface area contributed by atoms with Crippen LogP contribution in [0.2, 0.25) is 0 Å². The number of hydrogen-bond acceptors (Lipinski definition) is 2. The number of aromatic nitrogens is 1.